The van der Waals surface area contributed by atoms with Gasteiger partial charge >= 0.3 is 5.97 Å². The summed E-state index contributed by atoms with van der Waals surface area (Å²) >= 11 is 5.85. The van der Waals surface area contributed by atoms with E-state index in [0.717, 1.165) is 34.0 Å². The van der Waals surface area contributed by atoms with Gasteiger partial charge in [-0.15, -0.1) is 0 Å². The highest BCUT2D eigenvalue weighted by molar-refractivity contribution is 7.80. The second-order valence-corrected chi connectivity index (χ2v) is 9.47. The summed E-state index contributed by atoms with van der Waals surface area (Å²) in [6, 6.07) is 22.7. The van der Waals surface area contributed by atoms with Crippen LogP contribution in [0.5, 0.6) is 5.75 Å². The SMILES string of the molecule is COc1ccc(CN2C(=S)N[C@@H](c3ccccn3)[C@H]2c2cc(C)n(-c3ccccc3C(=O)O)c2C)cc1. The van der Waals surface area contributed by atoms with E-state index in [2.05, 4.69) is 21.3 Å². The summed E-state index contributed by atoms with van der Waals surface area (Å²) in [4.78, 5) is 18.8. The van der Waals surface area contributed by atoms with Crippen molar-refractivity contribution in [1.29, 1.82) is 0 Å². The maximum atomic E-state index is 12.0. The van der Waals surface area contributed by atoms with E-state index >= 15 is 0 Å². The molecule has 8 heteroatoms. The van der Waals surface area contributed by atoms with E-state index < -0.39 is 5.97 Å². The Kier molecular flexibility index (Phi) is 6.67. The van der Waals surface area contributed by atoms with E-state index in [-0.39, 0.29) is 17.6 Å². The Morgan fingerprint density at radius 1 is 1.08 bits per heavy atom. The van der Waals surface area contributed by atoms with Gasteiger partial charge in [0.15, 0.2) is 5.11 Å². The zero-order valence-corrected chi connectivity index (χ0v) is 21.7. The molecule has 3 heterocycles. The van der Waals surface area contributed by atoms with E-state index in [1.807, 2.05) is 73.0 Å². The number of carboxylic acid groups (broad SMARTS) is 1. The average molecular weight is 513 g/mol. The Morgan fingerprint density at radius 2 is 1.81 bits per heavy atom. The number of nitrogens with zero attached hydrogens (tertiary/aromatic N) is 3. The first-order valence-electron chi connectivity index (χ1n) is 12.0. The van der Waals surface area contributed by atoms with Gasteiger partial charge in [0.2, 0.25) is 0 Å². The molecule has 1 fully saturated rings. The molecule has 0 aliphatic carbocycles. The van der Waals surface area contributed by atoms with Crippen molar-refractivity contribution in [2.75, 3.05) is 7.11 Å². The van der Waals surface area contributed by atoms with Crippen LogP contribution in [0.15, 0.2) is 79.0 Å². The first-order chi connectivity index (χ1) is 17.9. The number of benzene rings is 2. The van der Waals surface area contributed by atoms with Crippen molar-refractivity contribution in [2.24, 2.45) is 0 Å². The topological polar surface area (TPSA) is 79.6 Å². The Balaban J connectivity index is 1.62. The molecule has 1 aliphatic heterocycles. The van der Waals surface area contributed by atoms with Crippen LogP contribution in [0.25, 0.3) is 5.69 Å². The number of carboxylic acids is 1. The van der Waals surface area contributed by atoms with E-state index in [9.17, 15) is 9.90 Å². The number of aromatic nitrogens is 2. The minimum Gasteiger partial charge on any atom is -0.497 e. The monoisotopic (exact) mass is 512 g/mol. The normalized spacial score (nSPS) is 17.1. The van der Waals surface area contributed by atoms with Gasteiger partial charge in [-0.05, 0) is 79.7 Å². The molecule has 2 aromatic heterocycles. The summed E-state index contributed by atoms with van der Waals surface area (Å²) in [6.07, 6.45) is 1.79. The molecule has 1 saturated heterocycles. The maximum Gasteiger partial charge on any atom is 0.337 e. The third kappa shape index (κ3) is 4.56. The fourth-order valence-corrected chi connectivity index (χ4v) is 5.45. The van der Waals surface area contributed by atoms with Crippen LogP contribution in [0.3, 0.4) is 0 Å². The lowest BCUT2D eigenvalue weighted by Crippen LogP contribution is -2.29. The van der Waals surface area contributed by atoms with E-state index in [1.165, 1.54) is 0 Å². The first-order valence-corrected chi connectivity index (χ1v) is 12.4. The van der Waals surface area contributed by atoms with Crippen LogP contribution in [0, 0.1) is 13.8 Å². The van der Waals surface area contributed by atoms with Gasteiger partial charge in [-0.1, -0.05) is 30.3 Å². The second-order valence-electron chi connectivity index (χ2n) is 9.09. The van der Waals surface area contributed by atoms with Crippen LogP contribution in [-0.2, 0) is 6.54 Å². The predicted octanol–water partition coefficient (Wildman–Crippen LogP) is 5.37. The van der Waals surface area contributed by atoms with Crippen LogP contribution in [0.1, 0.15) is 50.7 Å². The average Bonchev–Trinajstić information content (AvgIpc) is 3.39. The molecule has 0 radical (unpaired) electrons. The third-order valence-corrected chi connectivity index (χ3v) is 7.23. The number of thiocarbonyl (C=S) groups is 1. The largest absolute Gasteiger partial charge is 0.497 e. The number of para-hydroxylation sites is 1. The highest BCUT2D eigenvalue weighted by Crippen LogP contribution is 2.42. The minimum absolute atomic E-state index is 0.151. The van der Waals surface area contributed by atoms with Crippen LogP contribution >= 0.6 is 12.2 Å². The van der Waals surface area contributed by atoms with Gasteiger partial charge in [-0.3, -0.25) is 4.98 Å². The molecule has 2 aromatic carbocycles. The number of pyridine rings is 1. The number of aryl methyl sites for hydroxylation is 1. The zero-order valence-electron chi connectivity index (χ0n) is 20.9. The summed E-state index contributed by atoms with van der Waals surface area (Å²) in [5.74, 6) is -0.157. The van der Waals surface area contributed by atoms with Crippen molar-refractivity contribution in [2.45, 2.75) is 32.5 Å². The van der Waals surface area contributed by atoms with Crippen molar-refractivity contribution < 1.29 is 14.6 Å². The summed E-state index contributed by atoms with van der Waals surface area (Å²) in [5.41, 5.74) is 5.86. The van der Waals surface area contributed by atoms with Gasteiger partial charge in [0.25, 0.3) is 0 Å². The lowest BCUT2D eigenvalue weighted by Gasteiger charge is -2.28. The highest BCUT2D eigenvalue weighted by atomic mass is 32.1. The number of methoxy groups -OCH3 is 1. The van der Waals surface area contributed by atoms with Crippen LogP contribution < -0.4 is 10.1 Å². The Bertz CT molecular complexity index is 1450. The molecule has 0 bridgehead atoms. The molecule has 0 unspecified atom stereocenters. The summed E-state index contributed by atoms with van der Waals surface area (Å²) in [6.45, 7) is 4.63. The third-order valence-electron chi connectivity index (χ3n) is 6.87. The number of hydrogen-bond acceptors (Lipinski definition) is 4. The molecule has 0 amide bonds. The smallest absolute Gasteiger partial charge is 0.337 e. The molecule has 1 aliphatic rings. The predicted molar refractivity (Wildman–Crippen MR) is 146 cm³/mol. The van der Waals surface area contributed by atoms with Gasteiger partial charge < -0.3 is 24.6 Å². The Morgan fingerprint density at radius 3 is 2.49 bits per heavy atom. The fourth-order valence-electron chi connectivity index (χ4n) is 5.15. The number of carbonyl (C=O) groups is 1. The number of hydrogen-bond donors (Lipinski definition) is 2. The summed E-state index contributed by atoms with van der Waals surface area (Å²) < 4.78 is 7.34. The second kappa shape index (κ2) is 10.1. The standard InChI is InChI=1S/C29H28N4O3S/c1-18-16-23(19(2)33(18)25-10-5-4-8-22(25)28(34)35)27-26(24-9-6-7-15-30-24)31-29(37)32(27)17-20-11-13-21(36-3)14-12-20/h4-16,26-27H,17H2,1-3H3,(H,31,37)(H,34,35)/t26-,27+/m0/s1. The zero-order chi connectivity index (χ0) is 26.1. The number of aromatic carboxylic acids is 1. The molecule has 188 valence electrons. The van der Waals surface area contributed by atoms with E-state index in [1.54, 1.807) is 25.4 Å². The molecule has 4 aromatic rings. The van der Waals surface area contributed by atoms with Crippen molar-refractivity contribution in [1.82, 2.24) is 19.8 Å². The van der Waals surface area contributed by atoms with Gasteiger partial charge in [0, 0.05) is 24.1 Å². The van der Waals surface area contributed by atoms with Gasteiger partial charge in [-0.2, -0.15) is 0 Å². The van der Waals surface area contributed by atoms with Crippen molar-refractivity contribution in [3.8, 4) is 11.4 Å². The van der Waals surface area contributed by atoms with Crippen molar-refractivity contribution >= 4 is 23.3 Å². The highest BCUT2D eigenvalue weighted by Gasteiger charge is 2.41. The molecule has 2 atom stereocenters. The van der Waals surface area contributed by atoms with Crippen molar-refractivity contribution in [3.05, 3.63) is 113 Å². The van der Waals surface area contributed by atoms with E-state index in [4.69, 9.17) is 17.0 Å². The maximum absolute atomic E-state index is 12.0. The molecule has 7 nitrogen and oxygen atoms in total. The minimum atomic E-state index is -0.958. The summed E-state index contributed by atoms with van der Waals surface area (Å²) in [7, 11) is 1.65. The quantitative estimate of drug-likeness (QED) is 0.322. The molecule has 5 rings (SSSR count). The lowest BCUT2D eigenvalue weighted by atomic mass is 9.96. The fraction of sp³-hybridized carbons (Fsp3) is 0.207. The Labute approximate surface area is 221 Å². The molecule has 0 saturated carbocycles. The van der Waals surface area contributed by atoms with Crippen LogP contribution in [0.2, 0.25) is 0 Å². The van der Waals surface area contributed by atoms with Crippen LogP contribution in [0.4, 0.5) is 0 Å². The van der Waals surface area contributed by atoms with Crippen LogP contribution in [-0.4, -0.2) is 37.7 Å². The van der Waals surface area contributed by atoms with Gasteiger partial charge in [0.1, 0.15) is 5.75 Å². The number of rotatable bonds is 7. The first kappa shape index (κ1) is 24.5. The number of nitrogens with one attached hydrogen (secondary N) is 1. The molecular formula is C29H28N4O3S. The van der Waals surface area contributed by atoms with Crippen molar-refractivity contribution in [3.63, 3.8) is 0 Å². The summed E-state index contributed by atoms with van der Waals surface area (Å²) in [5, 5.41) is 14.0. The molecule has 37 heavy (non-hydrogen) atoms. The van der Waals surface area contributed by atoms with Gasteiger partial charge in [-0.25, -0.2) is 4.79 Å². The lowest BCUT2D eigenvalue weighted by molar-refractivity contribution is 0.0697. The molecular weight excluding hydrogens is 484 g/mol. The van der Waals surface area contributed by atoms with E-state index in [0.29, 0.717) is 17.3 Å². The molecule has 2 N–H and O–H groups in total. The number of ether oxygens (including phenoxy) is 1. The van der Waals surface area contributed by atoms with Gasteiger partial charge in [0.05, 0.1) is 36.1 Å². The Hall–Kier alpha value is -4.17. The molecule has 0 spiro atoms.